The van der Waals surface area contributed by atoms with Gasteiger partial charge in [-0.1, -0.05) is 49.8 Å². The largest absolute Gasteiger partial charge is 0.400 e. The third kappa shape index (κ3) is 9.54. The number of fused-ring (bicyclic) bond motifs is 3. The van der Waals surface area contributed by atoms with Crippen LogP contribution in [0, 0.1) is 18.7 Å². The first-order valence-electron chi connectivity index (χ1n) is 20.3. The minimum absolute atomic E-state index is 0.0578. The number of carbonyl (C=O) groups excluding carboxylic acids is 2. The summed E-state index contributed by atoms with van der Waals surface area (Å²) in [5, 5.41) is 24.6. The number of amidine groups is 1. The van der Waals surface area contributed by atoms with Crippen LogP contribution in [0.15, 0.2) is 93.7 Å². The van der Waals surface area contributed by atoms with Crippen molar-refractivity contribution in [1.82, 2.24) is 9.80 Å². The van der Waals surface area contributed by atoms with E-state index in [1.54, 1.807) is 12.1 Å². The molecule has 2 fully saturated rings. The topological polar surface area (TPSA) is 130 Å². The number of carbonyl (C=O) groups is 2. The molecule has 3 aliphatic heterocycles. The number of nitrogens with one attached hydrogen (secondary N) is 2. The van der Waals surface area contributed by atoms with Crippen LogP contribution in [-0.4, -0.2) is 95.2 Å². The molecule has 1 saturated heterocycles. The van der Waals surface area contributed by atoms with Crippen molar-refractivity contribution in [2.24, 2.45) is 15.9 Å². The fourth-order valence-electron chi connectivity index (χ4n) is 8.68. The Morgan fingerprint density at radius 1 is 1.21 bits per heavy atom. The molecular formula is C46H60ClFN6O4. The van der Waals surface area contributed by atoms with Crippen molar-refractivity contribution < 1.29 is 24.2 Å². The number of aliphatic imine (C=N–C) groups is 2. The predicted molar refractivity (Wildman–Crippen MR) is 234 cm³/mol. The number of hydrogen-bond acceptors (Lipinski definition) is 8. The number of alkyl halides is 1. The monoisotopic (exact) mass is 814 g/mol. The lowest BCUT2D eigenvalue weighted by Crippen LogP contribution is -2.55. The molecule has 5 aliphatic rings. The molecule has 1 saturated carbocycles. The van der Waals surface area contributed by atoms with Gasteiger partial charge in [0, 0.05) is 48.6 Å². The zero-order valence-electron chi connectivity index (χ0n) is 34.9. The number of aryl methyl sites for hydroxylation is 1. The standard InChI is InChI=1S/C44H53FN6O3.CH3Cl.CH4O/c1-6-18-42(3,54)28-51-38(27-50-22-16-31(17-23-50)36(46-5)14-10-8-12-30-11-7-9-13-35(30)45)48-37-25-32(15-19-43(37,51)4)40(52)47-33-24-29(2)39-34(26-33)44(20-21-44)41(53)49-39;2*1-2/h7-11,13-15,24-26,31,54H,5-6,12,16-23,27-28H2,1-4H3,(H,47,52)(H,49,53);1H3;2H,1H3/b10-8-,36-14-;;. The summed E-state index contributed by atoms with van der Waals surface area (Å²) < 4.78 is 14.0. The molecule has 10 nitrogen and oxygen atoms in total. The fourth-order valence-corrected chi connectivity index (χ4v) is 8.68. The van der Waals surface area contributed by atoms with Crippen molar-refractivity contribution in [2.75, 3.05) is 50.3 Å². The van der Waals surface area contributed by atoms with Gasteiger partial charge in [-0.05, 0) is 133 Å². The number of halogens is 2. The zero-order valence-corrected chi connectivity index (χ0v) is 35.6. The lowest BCUT2D eigenvalue weighted by molar-refractivity contribution is -0.118. The number of piperidine rings is 1. The summed E-state index contributed by atoms with van der Waals surface area (Å²) in [6.07, 6.45) is 17.4. The number of β-amino-alcohol motifs (C(OH)–C–C–N with tert-alkyl or cyclic N) is 1. The Bertz CT molecular complexity index is 2010. The molecular weight excluding hydrogens is 755 g/mol. The van der Waals surface area contributed by atoms with E-state index in [4.69, 9.17) is 10.1 Å². The summed E-state index contributed by atoms with van der Waals surface area (Å²) in [6.45, 7) is 14.7. The highest BCUT2D eigenvalue weighted by atomic mass is 35.5. The van der Waals surface area contributed by atoms with Crippen LogP contribution >= 0.6 is 11.6 Å². The number of rotatable bonds is 13. The number of aliphatic hydroxyl groups excluding tert-OH is 1. The summed E-state index contributed by atoms with van der Waals surface area (Å²) in [5.74, 6) is 0.837. The van der Waals surface area contributed by atoms with E-state index in [2.05, 4.69) is 57.6 Å². The molecule has 4 N–H and O–H groups in total. The van der Waals surface area contributed by atoms with Gasteiger partial charge in [0.05, 0.1) is 28.8 Å². The molecule has 2 aromatic carbocycles. The molecule has 12 heteroatoms. The predicted octanol–water partition coefficient (Wildman–Crippen LogP) is 7.85. The van der Waals surface area contributed by atoms with Gasteiger partial charge < -0.3 is 25.7 Å². The Hall–Kier alpha value is -4.42. The van der Waals surface area contributed by atoms with E-state index in [1.165, 1.54) is 12.4 Å². The van der Waals surface area contributed by atoms with Crippen LogP contribution in [0.2, 0.25) is 0 Å². The molecule has 312 valence electrons. The van der Waals surface area contributed by atoms with E-state index in [9.17, 15) is 19.1 Å². The van der Waals surface area contributed by atoms with Crippen LogP contribution in [-0.2, 0) is 21.4 Å². The molecule has 2 amide bonds. The molecule has 1 spiro atoms. The van der Waals surface area contributed by atoms with E-state index in [0.717, 1.165) is 86.3 Å². The van der Waals surface area contributed by atoms with E-state index >= 15 is 0 Å². The normalized spacial score (nSPS) is 22.0. The number of hydrogen-bond donors (Lipinski definition) is 4. The molecule has 2 unspecified atom stereocenters. The van der Waals surface area contributed by atoms with Crippen LogP contribution in [0.5, 0.6) is 0 Å². The minimum atomic E-state index is -0.905. The van der Waals surface area contributed by atoms with Gasteiger partial charge >= 0.3 is 0 Å². The molecule has 0 radical (unpaired) electrons. The number of allylic oxidation sites excluding steroid dienone is 4. The maximum Gasteiger partial charge on any atom is 0.255 e. The van der Waals surface area contributed by atoms with Gasteiger partial charge in [0.15, 0.2) is 0 Å². The van der Waals surface area contributed by atoms with E-state index in [1.807, 2.05) is 62.4 Å². The van der Waals surface area contributed by atoms with Crippen molar-refractivity contribution in [1.29, 1.82) is 0 Å². The van der Waals surface area contributed by atoms with Gasteiger partial charge in [-0.2, -0.15) is 0 Å². The summed E-state index contributed by atoms with van der Waals surface area (Å²) in [7, 11) is 1.00. The molecule has 0 aromatic heterocycles. The van der Waals surface area contributed by atoms with Crippen LogP contribution < -0.4 is 10.6 Å². The van der Waals surface area contributed by atoms with Crippen molar-refractivity contribution in [3.05, 3.63) is 106 Å². The van der Waals surface area contributed by atoms with Crippen molar-refractivity contribution >= 4 is 47.3 Å². The number of nitrogens with zero attached hydrogens (tertiary/aromatic N) is 4. The SMILES string of the molecule is C=N/C(=C\C=C/Cc1ccccc1F)C1CCN(CC2=NC3=CC(C(=O)Nc4cc(C)c5c(c4)C4(CC4)C(=O)N5)=CCC3(C)N2CC(C)(O)CCC)CC1.CCl.CO. The highest BCUT2D eigenvalue weighted by molar-refractivity contribution is 6.15. The Morgan fingerprint density at radius 2 is 1.91 bits per heavy atom. The summed E-state index contributed by atoms with van der Waals surface area (Å²) in [5.41, 5.74) is 4.64. The lowest BCUT2D eigenvalue weighted by atomic mass is 9.85. The number of likely N-dealkylation sites (tertiary alicyclic amines) is 1. The maximum atomic E-state index is 14.0. The highest BCUT2D eigenvalue weighted by Crippen LogP contribution is 2.56. The van der Waals surface area contributed by atoms with Gasteiger partial charge in [-0.15, -0.1) is 11.6 Å². The zero-order chi connectivity index (χ0) is 42.3. The van der Waals surface area contributed by atoms with Crippen LogP contribution in [0.1, 0.15) is 82.4 Å². The first kappa shape index (κ1) is 44.7. The molecule has 2 atom stereocenters. The molecule has 58 heavy (non-hydrogen) atoms. The number of amides is 2. The third-order valence-electron chi connectivity index (χ3n) is 12.1. The third-order valence-corrected chi connectivity index (χ3v) is 12.1. The first-order chi connectivity index (χ1) is 27.9. The van der Waals surface area contributed by atoms with Crippen LogP contribution in [0.25, 0.3) is 0 Å². The average Bonchev–Trinajstić information content (AvgIpc) is 3.92. The lowest BCUT2D eigenvalue weighted by Gasteiger charge is -2.43. The van der Waals surface area contributed by atoms with Gasteiger partial charge in [0.25, 0.3) is 5.91 Å². The summed E-state index contributed by atoms with van der Waals surface area (Å²) >= 11 is 4.64. The van der Waals surface area contributed by atoms with Crippen LogP contribution in [0.3, 0.4) is 0 Å². The Kier molecular flexibility index (Phi) is 14.7. The maximum absolute atomic E-state index is 14.0. The number of aliphatic hydroxyl groups is 2. The quantitative estimate of drug-likeness (QED) is 0.0927. The van der Waals surface area contributed by atoms with E-state index in [0.29, 0.717) is 49.2 Å². The van der Waals surface area contributed by atoms with E-state index < -0.39 is 16.6 Å². The fraction of sp³-hybridized carbons (Fsp3) is 0.478. The molecule has 3 heterocycles. The average molecular weight is 815 g/mol. The molecule has 0 bridgehead atoms. The van der Waals surface area contributed by atoms with Gasteiger partial charge in [-0.3, -0.25) is 19.5 Å². The molecule has 2 aliphatic carbocycles. The smallest absolute Gasteiger partial charge is 0.255 e. The summed E-state index contributed by atoms with van der Waals surface area (Å²) in [6, 6.07) is 10.7. The highest BCUT2D eigenvalue weighted by Gasteiger charge is 2.56. The van der Waals surface area contributed by atoms with Gasteiger partial charge in [0.1, 0.15) is 11.7 Å². The van der Waals surface area contributed by atoms with Gasteiger partial charge in [-0.25, -0.2) is 9.38 Å². The second kappa shape index (κ2) is 19.1. The van der Waals surface area contributed by atoms with Crippen molar-refractivity contribution in [3.63, 3.8) is 0 Å². The first-order valence-corrected chi connectivity index (χ1v) is 21.0. The minimum Gasteiger partial charge on any atom is -0.400 e. The Balaban J connectivity index is 0.00000155. The Morgan fingerprint density at radius 3 is 2.57 bits per heavy atom. The summed E-state index contributed by atoms with van der Waals surface area (Å²) in [4.78, 5) is 40.6. The molecule has 2 aromatic rings. The van der Waals surface area contributed by atoms with Crippen molar-refractivity contribution in [3.8, 4) is 0 Å². The van der Waals surface area contributed by atoms with Gasteiger partial charge in [0.2, 0.25) is 5.91 Å². The second-order valence-electron chi connectivity index (χ2n) is 16.3. The number of anilines is 2. The van der Waals surface area contributed by atoms with Crippen molar-refractivity contribution in [2.45, 2.75) is 95.6 Å². The Labute approximate surface area is 348 Å². The molecule has 7 rings (SSSR count). The van der Waals surface area contributed by atoms with Crippen LogP contribution in [0.4, 0.5) is 15.8 Å². The number of benzene rings is 2. The second-order valence-corrected chi connectivity index (χ2v) is 16.3. The van der Waals surface area contributed by atoms with E-state index in [-0.39, 0.29) is 23.5 Å².